The summed E-state index contributed by atoms with van der Waals surface area (Å²) in [5.41, 5.74) is 0. The molecule has 0 amide bonds. The Morgan fingerprint density at radius 2 is 2.00 bits per heavy atom. The number of hydrogen-bond acceptors (Lipinski definition) is 5. The third kappa shape index (κ3) is 2.00. The maximum atomic E-state index is 9.49. The zero-order chi connectivity index (χ0) is 10.0. The smallest absolute Gasteiger partial charge is 0.115 e. The fraction of sp³-hybridized carbons (Fsp3) is 1.00. The van der Waals surface area contributed by atoms with Crippen LogP contribution in [-0.4, -0.2) is 59.6 Å². The predicted molar refractivity (Wildman–Crippen MR) is 44.2 cm³/mol. The van der Waals surface area contributed by atoms with E-state index >= 15 is 0 Å². The summed E-state index contributed by atoms with van der Waals surface area (Å²) in [5.74, 6) is 0. The molecule has 0 radical (unpaired) electrons. The molecule has 0 bridgehead atoms. The van der Waals surface area contributed by atoms with Crippen LogP contribution in [0.15, 0.2) is 0 Å². The molecule has 0 aromatic heterocycles. The highest BCUT2D eigenvalue weighted by Crippen LogP contribution is 2.24. The van der Waals surface area contributed by atoms with Gasteiger partial charge in [-0.25, -0.2) is 0 Å². The lowest BCUT2D eigenvalue weighted by Gasteiger charge is -2.22. The monoisotopic (exact) mass is 192 g/mol. The summed E-state index contributed by atoms with van der Waals surface area (Å²) in [4.78, 5) is 0. The minimum absolute atomic E-state index is 0.238. The van der Waals surface area contributed by atoms with Crippen molar-refractivity contribution in [2.75, 3.05) is 13.7 Å². The van der Waals surface area contributed by atoms with Gasteiger partial charge in [0.25, 0.3) is 0 Å². The molecule has 3 unspecified atom stereocenters. The topological polar surface area (TPSA) is 79.2 Å². The Morgan fingerprint density at radius 1 is 1.38 bits per heavy atom. The molecule has 0 saturated carbocycles. The van der Waals surface area contributed by atoms with Gasteiger partial charge in [0.05, 0.1) is 12.7 Å². The molecule has 1 fully saturated rings. The van der Waals surface area contributed by atoms with Gasteiger partial charge in [-0.1, -0.05) is 0 Å². The van der Waals surface area contributed by atoms with Crippen molar-refractivity contribution in [3.8, 4) is 0 Å². The first-order valence-corrected chi connectivity index (χ1v) is 4.27. The quantitative estimate of drug-likeness (QED) is 0.507. The highest BCUT2D eigenvalue weighted by Gasteiger charge is 2.44. The molecular weight excluding hydrogens is 176 g/mol. The average Bonchev–Trinajstić information content (AvgIpc) is 2.36. The summed E-state index contributed by atoms with van der Waals surface area (Å²) in [6, 6.07) is 0. The summed E-state index contributed by atoms with van der Waals surface area (Å²) in [6.45, 7) is 1.43. The first-order chi connectivity index (χ1) is 6.11. The van der Waals surface area contributed by atoms with E-state index in [0.717, 1.165) is 0 Å². The molecule has 1 heterocycles. The number of methoxy groups -OCH3 is 1. The van der Waals surface area contributed by atoms with Crippen molar-refractivity contribution in [1.82, 2.24) is 0 Å². The van der Waals surface area contributed by atoms with Gasteiger partial charge in [-0.2, -0.15) is 0 Å². The Bertz CT molecular complexity index is 157. The molecule has 5 heteroatoms. The second kappa shape index (κ2) is 4.34. The van der Waals surface area contributed by atoms with Crippen molar-refractivity contribution in [1.29, 1.82) is 0 Å². The second-order valence-electron chi connectivity index (χ2n) is 3.24. The Labute approximate surface area is 76.9 Å². The van der Waals surface area contributed by atoms with E-state index in [2.05, 4.69) is 0 Å². The van der Waals surface area contributed by atoms with Crippen molar-refractivity contribution in [3.63, 3.8) is 0 Å². The molecule has 1 aliphatic rings. The molecule has 1 rings (SSSR count). The number of rotatable bonds is 3. The SMILES string of the molecule is CO[C@H](CO)[C@@H]1OC(C)C(O)C1O. The van der Waals surface area contributed by atoms with Gasteiger partial charge in [-0.15, -0.1) is 0 Å². The molecule has 13 heavy (non-hydrogen) atoms. The van der Waals surface area contributed by atoms with Crippen LogP contribution in [0.5, 0.6) is 0 Å². The van der Waals surface area contributed by atoms with Crippen LogP contribution < -0.4 is 0 Å². The Balaban J connectivity index is 2.61. The van der Waals surface area contributed by atoms with E-state index in [-0.39, 0.29) is 6.61 Å². The van der Waals surface area contributed by atoms with Crippen LogP contribution in [0.4, 0.5) is 0 Å². The van der Waals surface area contributed by atoms with Gasteiger partial charge in [0.15, 0.2) is 0 Å². The van der Waals surface area contributed by atoms with E-state index in [1.165, 1.54) is 7.11 Å². The van der Waals surface area contributed by atoms with Crippen LogP contribution in [0.1, 0.15) is 6.92 Å². The standard InChI is InChI=1S/C8H16O5/c1-4-6(10)7(11)8(13-4)5(3-9)12-2/h4-11H,3H2,1-2H3/t4?,5-,6?,7?,8+/m1/s1. The average molecular weight is 192 g/mol. The van der Waals surface area contributed by atoms with Gasteiger partial charge in [0.1, 0.15) is 24.4 Å². The fourth-order valence-corrected chi connectivity index (χ4v) is 1.50. The van der Waals surface area contributed by atoms with Gasteiger partial charge in [0, 0.05) is 7.11 Å². The summed E-state index contributed by atoms with van der Waals surface area (Å²) in [5, 5.41) is 27.7. The molecule has 78 valence electrons. The van der Waals surface area contributed by atoms with E-state index in [0.29, 0.717) is 0 Å². The zero-order valence-corrected chi connectivity index (χ0v) is 7.75. The fourth-order valence-electron chi connectivity index (χ4n) is 1.50. The Hall–Kier alpha value is -0.200. The predicted octanol–water partition coefficient (Wildman–Crippen LogP) is -1.50. The van der Waals surface area contributed by atoms with Crippen molar-refractivity contribution in [2.45, 2.75) is 37.4 Å². The highest BCUT2D eigenvalue weighted by atomic mass is 16.6. The van der Waals surface area contributed by atoms with Gasteiger partial charge in [0.2, 0.25) is 0 Å². The first-order valence-electron chi connectivity index (χ1n) is 4.27. The molecule has 5 atom stereocenters. The third-order valence-corrected chi connectivity index (χ3v) is 2.39. The summed E-state index contributed by atoms with van der Waals surface area (Å²) in [6.07, 6.45) is -3.57. The van der Waals surface area contributed by atoms with Crippen molar-refractivity contribution < 1.29 is 24.8 Å². The number of ether oxygens (including phenoxy) is 2. The Morgan fingerprint density at radius 3 is 2.31 bits per heavy atom. The van der Waals surface area contributed by atoms with Crippen LogP contribution >= 0.6 is 0 Å². The number of aliphatic hydroxyl groups is 3. The molecule has 0 aromatic carbocycles. The number of aliphatic hydroxyl groups excluding tert-OH is 3. The molecule has 3 N–H and O–H groups in total. The minimum atomic E-state index is -0.993. The van der Waals surface area contributed by atoms with E-state index in [1.54, 1.807) is 6.92 Å². The van der Waals surface area contributed by atoms with Crippen LogP contribution in [-0.2, 0) is 9.47 Å². The van der Waals surface area contributed by atoms with E-state index in [4.69, 9.17) is 14.6 Å². The highest BCUT2D eigenvalue weighted by molar-refractivity contribution is 4.92. The molecule has 5 nitrogen and oxygen atoms in total. The van der Waals surface area contributed by atoms with Crippen LogP contribution in [0, 0.1) is 0 Å². The molecule has 0 aromatic rings. The van der Waals surface area contributed by atoms with Crippen LogP contribution in [0.25, 0.3) is 0 Å². The Kier molecular flexibility index (Phi) is 3.63. The lowest BCUT2D eigenvalue weighted by Crippen LogP contribution is -2.41. The molecule has 0 spiro atoms. The molecule has 1 saturated heterocycles. The summed E-state index contributed by atoms with van der Waals surface area (Å²) >= 11 is 0. The normalized spacial score (nSPS) is 42.2. The maximum Gasteiger partial charge on any atom is 0.115 e. The summed E-state index contributed by atoms with van der Waals surface area (Å²) < 4.78 is 10.1. The van der Waals surface area contributed by atoms with Crippen LogP contribution in [0.2, 0.25) is 0 Å². The molecule has 0 aliphatic carbocycles. The van der Waals surface area contributed by atoms with Crippen molar-refractivity contribution >= 4 is 0 Å². The van der Waals surface area contributed by atoms with Crippen LogP contribution in [0.3, 0.4) is 0 Å². The molecule has 1 aliphatic heterocycles. The summed E-state index contributed by atoms with van der Waals surface area (Å²) in [7, 11) is 1.42. The lowest BCUT2D eigenvalue weighted by atomic mass is 10.0. The first kappa shape index (κ1) is 10.9. The van der Waals surface area contributed by atoms with E-state index in [1.807, 2.05) is 0 Å². The lowest BCUT2D eigenvalue weighted by molar-refractivity contribution is -0.0945. The minimum Gasteiger partial charge on any atom is -0.394 e. The molecular formula is C8H16O5. The largest absolute Gasteiger partial charge is 0.394 e. The number of hydrogen-bond donors (Lipinski definition) is 3. The maximum absolute atomic E-state index is 9.49. The van der Waals surface area contributed by atoms with E-state index < -0.39 is 30.5 Å². The van der Waals surface area contributed by atoms with Gasteiger partial charge in [-0.3, -0.25) is 0 Å². The van der Waals surface area contributed by atoms with Gasteiger partial charge < -0.3 is 24.8 Å². The second-order valence-corrected chi connectivity index (χ2v) is 3.24. The van der Waals surface area contributed by atoms with Gasteiger partial charge >= 0.3 is 0 Å². The van der Waals surface area contributed by atoms with Crippen molar-refractivity contribution in [2.24, 2.45) is 0 Å². The van der Waals surface area contributed by atoms with Crippen molar-refractivity contribution in [3.05, 3.63) is 0 Å². The van der Waals surface area contributed by atoms with Gasteiger partial charge in [-0.05, 0) is 6.92 Å². The third-order valence-electron chi connectivity index (χ3n) is 2.39. The van der Waals surface area contributed by atoms with E-state index in [9.17, 15) is 10.2 Å². The zero-order valence-electron chi connectivity index (χ0n) is 7.75.